The van der Waals surface area contributed by atoms with E-state index in [2.05, 4.69) is 20.5 Å². The van der Waals surface area contributed by atoms with Gasteiger partial charge in [0.25, 0.3) is 0 Å². The third-order valence-corrected chi connectivity index (χ3v) is 5.78. The highest BCUT2D eigenvalue weighted by Gasteiger charge is 2.20. The first-order chi connectivity index (χ1) is 13.2. The summed E-state index contributed by atoms with van der Waals surface area (Å²) >= 11 is 2.95. The van der Waals surface area contributed by atoms with Gasteiger partial charge in [-0.1, -0.05) is 11.8 Å². The second-order valence-electron chi connectivity index (χ2n) is 5.80. The Morgan fingerprint density at radius 3 is 3.07 bits per heavy atom. The van der Waals surface area contributed by atoms with Crippen LogP contribution in [0, 0.1) is 6.92 Å². The molecule has 0 bridgehead atoms. The minimum Gasteiger partial charge on any atom is -0.467 e. The highest BCUT2D eigenvalue weighted by Crippen LogP contribution is 2.28. The molecule has 4 heterocycles. The van der Waals surface area contributed by atoms with Gasteiger partial charge in [0.15, 0.2) is 15.9 Å². The zero-order valence-electron chi connectivity index (χ0n) is 14.9. The van der Waals surface area contributed by atoms with E-state index in [1.54, 1.807) is 23.7 Å². The quantitative estimate of drug-likeness (QED) is 0.478. The predicted octanol–water partition coefficient (Wildman–Crippen LogP) is 2.98. The van der Waals surface area contributed by atoms with Gasteiger partial charge in [-0.3, -0.25) is 9.20 Å². The Morgan fingerprint density at radius 2 is 2.30 bits per heavy atom. The summed E-state index contributed by atoms with van der Waals surface area (Å²) in [6.45, 7) is 5.09. The summed E-state index contributed by atoms with van der Waals surface area (Å²) < 4.78 is 9.25. The summed E-state index contributed by atoms with van der Waals surface area (Å²) in [4.78, 5) is 17.6. The topological polar surface area (TPSA) is 90.2 Å². The Labute approximate surface area is 163 Å². The first-order valence-corrected chi connectivity index (χ1v) is 10.3. The molecule has 0 aliphatic heterocycles. The number of imidazole rings is 1. The van der Waals surface area contributed by atoms with Crippen molar-refractivity contribution in [3.8, 4) is 11.5 Å². The van der Waals surface area contributed by atoms with Crippen LogP contribution in [-0.4, -0.2) is 35.8 Å². The molecule has 1 N–H and O–H groups in total. The summed E-state index contributed by atoms with van der Waals surface area (Å²) in [5.41, 5.74) is 1.85. The van der Waals surface area contributed by atoms with Gasteiger partial charge in [-0.25, -0.2) is 4.98 Å². The summed E-state index contributed by atoms with van der Waals surface area (Å²) in [5.74, 6) is 1.67. The molecule has 0 aromatic carbocycles. The maximum Gasteiger partial charge on any atom is 0.230 e. The molecule has 4 aromatic rings. The molecule has 8 nitrogen and oxygen atoms in total. The normalized spacial score (nSPS) is 11.3. The molecule has 0 radical (unpaired) electrons. The summed E-state index contributed by atoms with van der Waals surface area (Å²) in [6.07, 6.45) is 3.57. The zero-order chi connectivity index (χ0) is 18.8. The van der Waals surface area contributed by atoms with Crippen LogP contribution in [0.4, 0.5) is 0 Å². The van der Waals surface area contributed by atoms with Crippen molar-refractivity contribution in [1.29, 1.82) is 0 Å². The second kappa shape index (κ2) is 7.57. The van der Waals surface area contributed by atoms with E-state index in [4.69, 9.17) is 4.42 Å². The van der Waals surface area contributed by atoms with Crippen LogP contribution in [0.3, 0.4) is 0 Å². The maximum absolute atomic E-state index is 12.1. The lowest BCUT2D eigenvalue weighted by Crippen LogP contribution is -2.24. The number of hydrogen-bond acceptors (Lipinski definition) is 7. The van der Waals surface area contributed by atoms with Crippen LogP contribution in [0.25, 0.3) is 16.5 Å². The number of rotatable bonds is 7. The van der Waals surface area contributed by atoms with Crippen molar-refractivity contribution in [3.05, 3.63) is 41.4 Å². The first kappa shape index (κ1) is 17.8. The fourth-order valence-corrected chi connectivity index (χ4v) is 4.39. The summed E-state index contributed by atoms with van der Waals surface area (Å²) in [7, 11) is 0. The molecule has 140 valence electrons. The molecule has 1 amide bonds. The van der Waals surface area contributed by atoms with Crippen LogP contribution in [0.15, 0.2) is 39.5 Å². The predicted molar refractivity (Wildman–Crippen MR) is 104 cm³/mol. The third-order valence-electron chi connectivity index (χ3n) is 4.05. The second-order valence-corrected chi connectivity index (χ2v) is 7.61. The molecule has 0 saturated carbocycles. The van der Waals surface area contributed by atoms with E-state index in [0.29, 0.717) is 18.2 Å². The average molecular weight is 403 g/mol. The number of furan rings is 1. The van der Waals surface area contributed by atoms with Crippen LogP contribution in [0.5, 0.6) is 0 Å². The van der Waals surface area contributed by atoms with E-state index in [0.717, 1.165) is 27.9 Å². The van der Waals surface area contributed by atoms with Crippen molar-refractivity contribution < 1.29 is 9.21 Å². The van der Waals surface area contributed by atoms with E-state index >= 15 is 0 Å². The van der Waals surface area contributed by atoms with Gasteiger partial charge in [0.2, 0.25) is 5.91 Å². The molecular weight excluding hydrogens is 384 g/mol. The number of thiazole rings is 1. The minimum atomic E-state index is -0.0793. The molecule has 0 unspecified atom stereocenters. The number of aromatic nitrogens is 5. The Bertz CT molecular complexity index is 1060. The molecular formula is C17H18N6O2S2. The van der Waals surface area contributed by atoms with Crippen LogP contribution in [-0.2, 0) is 17.9 Å². The SMILES string of the molecule is CCn1c(SCC(=O)NCc2ccco2)nnc1-c1c(C)nc2sccn12. The van der Waals surface area contributed by atoms with Crippen LogP contribution in [0.2, 0.25) is 0 Å². The van der Waals surface area contributed by atoms with Gasteiger partial charge in [-0.15, -0.1) is 21.5 Å². The number of aryl methyl sites for hydroxylation is 1. The Hall–Kier alpha value is -2.59. The van der Waals surface area contributed by atoms with Gasteiger partial charge in [-0.2, -0.15) is 0 Å². The third kappa shape index (κ3) is 3.50. The van der Waals surface area contributed by atoms with Crippen molar-refractivity contribution in [2.75, 3.05) is 5.75 Å². The highest BCUT2D eigenvalue weighted by atomic mass is 32.2. The number of hydrogen-bond donors (Lipinski definition) is 1. The molecule has 0 fully saturated rings. The molecule has 0 spiro atoms. The number of carbonyl (C=O) groups excluding carboxylic acids is 1. The van der Waals surface area contributed by atoms with E-state index < -0.39 is 0 Å². The van der Waals surface area contributed by atoms with Crippen molar-refractivity contribution in [3.63, 3.8) is 0 Å². The molecule has 10 heteroatoms. The molecule has 4 rings (SSSR count). The number of nitrogens with zero attached hydrogens (tertiary/aromatic N) is 5. The molecule has 0 saturated heterocycles. The number of nitrogens with one attached hydrogen (secondary N) is 1. The van der Waals surface area contributed by atoms with E-state index in [-0.39, 0.29) is 11.7 Å². The molecule has 0 aliphatic rings. The lowest BCUT2D eigenvalue weighted by atomic mass is 10.3. The van der Waals surface area contributed by atoms with Crippen LogP contribution >= 0.6 is 23.1 Å². The number of fused-ring (bicyclic) bond motifs is 1. The lowest BCUT2D eigenvalue weighted by molar-refractivity contribution is -0.118. The van der Waals surface area contributed by atoms with Crippen molar-refractivity contribution in [2.45, 2.75) is 32.1 Å². The Balaban J connectivity index is 1.49. The lowest BCUT2D eigenvalue weighted by Gasteiger charge is -2.07. The molecule has 27 heavy (non-hydrogen) atoms. The number of carbonyl (C=O) groups is 1. The van der Waals surface area contributed by atoms with Crippen molar-refractivity contribution in [2.24, 2.45) is 0 Å². The first-order valence-electron chi connectivity index (χ1n) is 8.45. The van der Waals surface area contributed by atoms with E-state index in [1.807, 2.05) is 40.5 Å². The van der Waals surface area contributed by atoms with Crippen LogP contribution < -0.4 is 5.32 Å². The summed E-state index contributed by atoms with van der Waals surface area (Å²) in [5, 5.41) is 14.2. The van der Waals surface area contributed by atoms with Gasteiger partial charge in [0, 0.05) is 18.1 Å². The number of amides is 1. The maximum atomic E-state index is 12.1. The fourth-order valence-electron chi connectivity index (χ4n) is 2.80. The Kier molecular flexibility index (Phi) is 4.99. The van der Waals surface area contributed by atoms with Crippen molar-refractivity contribution >= 4 is 34.0 Å². The van der Waals surface area contributed by atoms with Gasteiger partial charge in [-0.05, 0) is 26.0 Å². The van der Waals surface area contributed by atoms with Crippen LogP contribution in [0.1, 0.15) is 18.4 Å². The smallest absolute Gasteiger partial charge is 0.230 e. The van der Waals surface area contributed by atoms with Gasteiger partial charge < -0.3 is 14.3 Å². The van der Waals surface area contributed by atoms with E-state index in [9.17, 15) is 4.79 Å². The minimum absolute atomic E-state index is 0.0793. The summed E-state index contributed by atoms with van der Waals surface area (Å²) in [6, 6.07) is 3.62. The van der Waals surface area contributed by atoms with Gasteiger partial charge >= 0.3 is 0 Å². The van der Waals surface area contributed by atoms with E-state index in [1.165, 1.54) is 11.8 Å². The average Bonchev–Trinajstić information content (AvgIpc) is 3.42. The van der Waals surface area contributed by atoms with Gasteiger partial charge in [0.05, 0.1) is 24.3 Å². The zero-order valence-corrected chi connectivity index (χ0v) is 16.5. The van der Waals surface area contributed by atoms with Crippen molar-refractivity contribution in [1.82, 2.24) is 29.5 Å². The monoisotopic (exact) mass is 402 g/mol. The number of thioether (sulfide) groups is 1. The standard InChI is InChI=1S/C17H18N6O2S2/c1-3-22-15(14-11(2)19-16-23(14)6-8-26-16)20-21-17(22)27-10-13(24)18-9-12-5-4-7-25-12/h4-8H,3,9-10H2,1-2H3,(H,18,24). The Morgan fingerprint density at radius 1 is 1.41 bits per heavy atom. The molecule has 0 aliphatic carbocycles. The molecule has 4 aromatic heterocycles. The fraction of sp³-hybridized carbons (Fsp3) is 0.294. The molecule has 0 atom stereocenters. The van der Waals surface area contributed by atoms with Gasteiger partial charge in [0.1, 0.15) is 11.5 Å². The highest BCUT2D eigenvalue weighted by molar-refractivity contribution is 7.99. The largest absolute Gasteiger partial charge is 0.467 e.